The van der Waals surface area contributed by atoms with Gasteiger partial charge in [0.1, 0.15) is 11.5 Å². The van der Waals surface area contributed by atoms with Crippen molar-refractivity contribution < 1.29 is 14.3 Å². The molecule has 0 saturated carbocycles. The predicted molar refractivity (Wildman–Crippen MR) is 66.4 cm³/mol. The highest BCUT2D eigenvalue weighted by atomic mass is 16.5. The van der Waals surface area contributed by atoms with Gasteiger partial charge < -0.3 is 9.53 Å². The first-order chi connectivity index (χ1) is 8.04. The van der Waals surface area contributed by atoms with Crippen molar-refractivity contribution in [2.45, 2.75) is 27.2 Å². The topological polar surface area (TPSA) is 43.4 Å². The molecule has 1 atom stereocenters. The molecule has 0 fully saturated rings. The van der Waals surface area contributed by atoms with E-state index in [2.05, 4.69) is 0 Å². The quantitative estimate of drug-likeness (QED) is 0.711. The maximum absolute atomic E-state index is 12.0. The maximum Gasteiger partial charge on any atom is 0.166 e. The van der Waals surface area contributed by atoms with Crippen molar-refractivity contribution in [2.24, 2.45) is 5.92 Å². The normalized spacial score (nSPS) is 11.9. The Hall–Kier alpha value is -1.64. The average Bonchev–Trinajstić information content (AvgIpc) is 2.28. The van der Waals surface area contributed by atoms with Gasteiger partial charge in [0.2, 0.25) is 0 Å². The largest absolute Gasteiger partial charge is 0.494 e. The van der Waals surface area contributed by atoms with Crippen molar-refractivity contribution in [3.8, 4) is 5.75 Å². The third-order valence-corrected chi connectivity index (χ3v) is 2.49. The minimum Gasteiger partial charge on any atom is -0.494 e. The van der Waals surface area contributed by atoms with Crippen molar-refractivity contribution in [3.05, 3.63) is 29.8 Å². The number of ether oxygens (including phenoxy) is 1. The molecule has 3 nitrogen and oxygen atoms in total. The molecule has 1 aromatic rings. The van der Waals surface area contributed by atoms with E-state index in [-0.39, 0.29) is 17.5 Å². The Kier molecular flexibility index (Phi) is 4.88. The highest BCUT2D eigenvalue weighted by Crippen LogP contribution is 2.16. The first kappa shape index (κ1) is 13.4. The van der Waals surface area contributed by atoms with Crippen LogP contribution in [-0.4, -0.2) is 18.2 Å². The molecule has 92 valence electrons. The Bertz CT molecular complexity index is 392. The van der Waals surface area contributed by atoms with Crippen LogP contribution in [0.25, 0.3) is 0 Å². The Balaban J connectivity index is 2.72. The van der Waals surface area contributed by atoms with Crippen LogP contribution in [0.5, 0.6) is 5.75 Å². The van der Waals surface area contributed by atoms with Gasteiger partial charge in [0.25, 0.3) is 0 Å². The van der Waals surface area contributed by atoms with Gasteiger partial charge in [0, 0.05) is 17.9 Å². The zero-order chi connectivity index (χ0) is 12.8. The number of carbonyl (C=O) groups excluding carboxylic acids is 2. The lowest BCUT2D eigenvalue weighted by atomic mass is 9.95. The van der Waals surface area contributed by atoms with E-state index in [1.165, 1.54) is 6.92 Å². The molecule has 0 aliphatic carbocycles. The number of Topliss-reactive ketones (excluding diaryl/α,β-unsaturated/α-hetero) is 2. The molecule has 0 heterocycles. The van der Waals surface area contributed by atoms with Crippen LogP contribution in [0.3, 0.4) is 0 Å². The first-order valence-corrected chi connectivity index (χ1v) is 5.81. The average molecular weight is 234 g/mol. The summed E-state index contributed by atoms with van der Waals surface area (Å²) in [4.78, 5) is 22.9. The van der Waals surface area contributed by atoms with Gasteiger partial charge in [-0.3, -0.25) is 4.79 Å². The molecule has 0 aromatic heterocycles. The second-order valence-corrected chi connectivity index (χ2v) is 4.13. The van der Waals surface area contributed by atoms with E-state index in [0.717, 1.165) is 5.75 Å². The van der Waals surface area contributed by atoms with E-state index in [1.807, 2.05) is 6.92 Å². The summed E-state index contributed by atoms with van der Waals surface area (Å²) in [5.74, 6) is 0.536. The summed E-state index contributed by atoms with van der Waals surface area (Å²) >= 11 is 0. The summed E-state index contributed by atoms with van der Waals surface area (Å²) in [6.45, 7) is 5.80. The van der Waals surface area contributed by atoms with Crippen LogP contribution in [0, 0.1) is 5.92 Å². The SMILES string of the molecule is CCOc1ccc(C(=O)C(C)CC(C)=O)cc1. The van der Waals surface area contributed by atoms with Crippen LogP contribution < -0.4 is 4.74 Å². The molecule has 0 bridgehead atoms. The fourth-order valence-electron chi connectivity index (χ4n) is 1.69. The van der Waals surface area contributed by atoms with Crippen molar-refractivity contribution in [3.63, 3.8) is 0 Å². The van der Waals surface area contributed by atoms with Gasteiger partial charge in [-0.15, -0.1) is 0 Å². The summed E-state index contributed by atoms with van der Waals surface area (Å²) in [7, 11) is 0. The molecule has 3 heteroatoms. The number of carbonyl (C=O) groups is 2. The Morgan fingerprint density at radius 1 is 1.24 bits per heavy atom. The molecule has 0 saturated heterocycles. The first-order valence-electron chi connectivity index (χ1n) is 5.81. The van der Waals surface area contributed by atoms with Crippen LogP contribution in [0.15, 0.2) is 24.3 Å². The van der Waals surface area contributed by atoms with Crippen molar-refractivity contribution in [1.82, 2.24) is 0 Å². The Morgan fingerprint density at radius 2 is 1.82 bits per heavy atom. The van der Waals surface area contributed by atoms with E-state index < -0.39 is 0 Å². The van der Waals surface area contributed by atoms with Crippen LogP contribution in [0.2, 0.25) is 0 Å². The molecule has 1 aromatic carbocycles. The molecule has 0 radical (unpaired) electrons. The minimum atomic E-state index is -0.259. The van der Waals surface area contributed by atoms with Gasteiger partial charge in [-0.05, 0) is 38.1 Å². The van der Waals surface area contributed by atoms with Crippen molar-refractivity contribution in [1.29, 1.82) is 0 Å². The second kappa shape index (κ2) is 6.18. The van der Waals surface area contributed by atoms with Gasteiger partial charge in [0.05, 0.1) is 6.61 Å². The fraction of sp³-hybridized carbons (Fsp3) is 0.429. The second-order valence-electron chi connectivity index (χ2n) is 4.13. The smallest absolute Gasteiger partial charge is 0.166 e. The standard InChI is InChI=1S/C14H18O3/c1-4-17-13-7-5-12(6-8-13)14(16)10(2)9-11(3)15/h5-8,10H,4,9H2,1-3H3. The molecular weight excluding hydrogens is 216 g/mol. The van der Waals surface area contributed by atoms with E-state index in [0.29, 0.717) is 18.6 Å². The van der Waals surface area contributed by atoms with E-state index in [1.54, 1.807) is 31.2 Å². The molecule has 0 amide bonds. The van der Waals surface area contributed by atoms with E-state index in [9.17, 15) is 9.59 Å². The third kappa shape index (κ3) is 4.02. The zero-order valence-electron chi connectivity index (χ0n) is 10.5. The number of hydrogen-bond donors (Lipinski definition) is 0. The highest BCUT2D eigenvalue weighted by molar-refractivity contribution is 5.99. The van der Waals surface area contributed by atoms with E-state index >= 15 is 0 Å². The van der Waals surface area contributed by atoms with Crippen LogP contribution in [-0.2, 0) is 4.79 Å². The summed E-state index contributed by atoms with van der Waals surface area (Å²) in [6, 6.07) is 7.03. The fourth-order valence-corrected chi connectivity index (χ4v) is 1.69. The van der Waals surface area contributed by atoms with E-state index in [4.69, 9.17) is 4.74 Å². The summed E-state index contributed by atoms with van der Waals surface area (Å²) in [6.07, 6.45) is 0.298. The molecule has 0 N–H and O–H groups in total. The zero-order valence-corrected chi connectivity index (χ0v) is 10.5. The van der Waals surface area contributed by atoms with Gasteiger partial charge in [-0.25, -0.2) is 0 Å². The number of rotatable bonds is 6. The lowest BCUT2D eigenvalue weighted by molar-refractivity contribution is -0.117. The summed E-state index contributed by atoms with van der Waals surface area (Å²) in [5, 5.41) is 0. The van der Waals surface area contributed by atoms with Crippen LogP contribution in [0.4, 0.5) is 0 Å². The van der Waals surface area contributed by atoms with Gasteiger partial charge >= 0.3 is 0 Å². The third-order valence-electron chi connectivity index (χ3n) is 2.49. The monoisotopic (exact) mass is 234 g/mol. The minimum absolute atomic E-state index is 0.00301. The maximum atomic E-state index is 12.0. The number of benzene rings is 1. The summed E-state index contributed by atoms with van der Waals surface area (Å²) < 4.78 is 5.30. The Morgan fingerprint density at radius 3 is 2.29 bits per heavy atom. The van der Waals surface area contributed by atoms with Crippen molar-refractivity contribution >= 4 is 11.6 Å². The van der Waals surface area contributed by atoms with Gasteiger partial charge in [-0.2, -0.15) is 0 Å². The lowest BCUT2D eigenvalue weighted by Gasteiger charge is -2.09. The van der Waals surface area contributed by atoms with Crippen LogP contribution in [0.1, 0.15) is 37.6 Å². The van der Waals surface area contributed by atoms with Gasteiger partial charge in [0.15, 0.2) is 5.78 Å². The number of hydrogen-bond acceptors (Lipinski definition) is 3. The van der Waals surface area contributed by atoms with Gasteiger partial charge in [-0.1, -0.05) is 6.92 Å². The molecular formula is C14H18O3. The predicted octanol–water partition coefficient (Wildman–Crippen LogP) is 2.88. The molecule has 0 aliphatic rings. The molecule has 17 heavy (non-hydrogen) atoms. The molecule has 1 rings (SSSR count). The van der Waals surface area contributed by atoms with Crippen molar-refractivity contribution in [2.75, 3.05) is 6.61 Å². The number of ketones is 2. The lowest BCUT2D eigenvalue weighted by Crippen LogP contribution is -2.14. The highest BCUT2D eigenvalue weighted by Gasteiger charge is 2.16. The van der Waals surface area contributed by atoms with Crippen LogP contribution >= 0.6 is 0 Å². The summed E-state index contributed by atoms with van der Waals surface area (Å²) in [5.41, 5.74) is 0.627. The molecule has 1 unspecified atom stereocenters. The molecule has 0 aliphatic heterocycles. The molecule has 0 spiro atoms. The Labute approximate surface area is 102 Å².